The Kier molecular flexibility index (Phi) is 7.20. The van der Waals surface area contributed by atoms with Gasteiger partial charge in [-0.25, -0.2) is 4.79 Å². The smallest absolute Gasteiger partial charge is 0.328 e. The monoisotopic (exact) mass is 262 g/mol. The van der Waals surface area contributed by atoms with Crippen LogP contribution in [-0.2, 0) is 19.1 Å². The Morgan fingerprint density at radius 3 is 2.18 bits per heavy atom. The first-order valence-electron chi connectivity index (χ1n) is 5.12. The Balaban J connectivity index is 4.43. The number of thiocarbonyl (C=S) groups is 1. The van der Waals surface area contributed by atoms with Gasteiger partial charge >= 0.3 is 11.9 Å². The quantitative estimate of drug-likeness (QED) is 0.532. The molecule has 0 radical (unpaired) electrons. The Labute approximate surface area is 106 Å². The zero-order valence-electron chi connectivity index (χ0n) is 10.4. The van der Waals surface area contributed by atoms with Crippen LogP contribution in [0.5, 0.6) is 0 Å². The Hall–Kier alpha value is -1.37. The fourth-order valence-corrected chi connectivity index (χ4v) is 1.43. The molecule has 6 nitrogen and oxygen atoms in total. The molecule has 0 aromatic heterocycles. The number of hydrogen-bond donors (Lipinski definition) is 2. The van der Waals surface area contributed by atoms with Gasteiger partial charge < -0.3 is 20.1 Å². The zero-order valence-corrected chi connectivity index (χ0v) is 11.2. The van der Waals surface area contributed by atoms with Crippen LogP contribution < -0.4 is 10.6 Å². The molecule has 1 atom stereocenters. The van der Waals surface area contributed by atoms with Crippen molar-refractivity contribution in [1.29, 1.82) is 0 Å². The van der Waals surface area contributed by atoms with Crippen molar-refractivity contribution < 1.29 is 19.1 Å². The summed E-state index contributed by atoms with van der Waals surface area (Å²) in [4.78, 5) is 22.5. The van der Waals surface area contributed by atoms with E-state index >= 15 is 0 Å². The van der Waals surface area contributed by atoms with Crippen LogP contribution in [0.25, 0.3) is 0 Å². The van der Waals surface area contributed by atoms with Crippen molar-refractivity contribution in [2.75, 3.05) is 14.2 Å². The maximum atomic E-state index is 11.4. The Morgan fingerprint density at radius 1 is 1.18 bits per heavy atom. The van der Waals surface area contributed by atoms with E-state index in [4.69, 9.17) is 12.2 Å². The van der Waals surface area contributed by atoms with Gasteiger partial charge in [0.05, 0.1) is 20.6 Å². The van der Waals surface area contributed by atoms with Gasteiger partial charge in [0.25, 0.3) is 0 Å². The molecule has 0 aliphatic carbocycles. The van der Waals surface area contributed by atoms with Gasteiger partial charge in [0.1, 0.15) is 6.04 Å². The zero-order chi connectivity index (χ0) is 13.4. The summed E-state index contributed by atoms with van der Waals surface area (Å²) in [5.41, 5.74) is 0. The van der Waals surface area contributed by atoms with Crippen molar-refractivity contribution in [3.05, 3.63) is 0 Å². The Morgan fingerprint density at radius 2 is 1.76 bits per heavy atom. The molecule has 0 unspecified atom stereocenters. The Bertz CT molecular complexity index is 294. The van der Waals surface area contributed by atoms with Gasteiger partial charge in [0, 0.05) is 6.04 Å². The van der Waals surface area contributed by atoms with E-state index in [2.05, 4.69) is 20.1 Å². The molecule has 0 fully saturated rings. The van der Waals surface area contributed by atoms with E-state index < -0.39 is 18.0 Å². The summed E-state index contributed by atoms with van der Waals surface area (Å²) in [6.45, 7) is 3.81. The number of rotatable bonds is 5. The minimum Gasteiger partial charge on any atom is -0.469 e. The van der Waals surface area contributed by atoms with E-state index in [1.54, 1.807) is 0 Å². The van der Waals surface area contributed by atoms with Gasteiger partial charge in [-0.1, -0.05) is 0 Å². The average molecular weight is 262 g/mol. The molecule has 0 saturated heterocycles. The summed E-state index contributed by atoms with van der Waals surface area (Å²) in [5, 5.41) is 5.90. The van der Waals surface area contributed by atoms with Gasteiger partial charge in [0.2, 0.25) is 0 Å². The second kappa shape index (κ2) is 7.83. The van der Waals surface area contributed by atoms with Crippen molar-refractivity contribution in [3.63, 3.8) is 0 Å². The van der Waals surface area contributed by atoms with Crippen molar-refractivity contribution >= 4 is 29.3 Å². The van der Waals surface area contributed by atoms with Gasteiger partial charge in [-0.15, -0.1) is 0 Å². The van der Waals surface area contributed by atoms with E-state index in [1.165, 1.54) is 14.2 Å². The normalized spacial score (nSPS) is 11.6. The predicted molar refractivity (Wildman–Crippen MR) is 66.4 cm³/mol. The number of nitrogens with one attached hydrogen (secondary N) is 2. The second-order valence-corrected chi connectivity index (χ2v) is 4.04. The fraction of sp³-hybridized carbons (Fsp3) is 0.700. The molecule has 0 aromatic rings. The first-order valence-corrected chi connectivity index (χ1v) is 5.53. The molecule has 0 amide bonds. The third kappa shape index (κ3) is 6.72. The topological polar surface area (TPSA) is 76.7 Å². The highest BCUT2D eigenvalue weighted by atomic mass is 32.1. The van der Waals surface area contributed by atoms with Gasteiger partial charge in [0.15, 0.2) is 5.11 Å². The molecular weight excluding hydrogens is 244 g/mol. The lowest BCUT2D eigenvalue weighted by Crippen LogP contribution is -2.48. The molecule has 0 aromatic carbocycles. The largest absolute Gasteiger partial charge is 0.469 e. The minimum atomic E-state index is -0.841. The van der Waals surface area contributed by atoms with Crippen LogP contribution >= 0.6 is 12.2 Å². The third-order valence-corrected chi connectivity index (χ3v) is 2.04. The third-order valence-electron chi connectivity index (χ3n) is 1.81. The highest BCUT2D eigenvalue weighted by Gasteiger charge is 2.23. The van der Waals surface area contributed by atoms with E-state index in [-0.39, 0.29) is 12.5 Å². The number of hydrogen-bond acceptors (Lipinski definition) is 5. The minimum absolute atomic E-state index is 0.131. The molecule has 0 spiro atoms. The summed E-state index contributed by atoms with van der Waals surface area (Å²) in [7, 11) is 2.49. The molecule has 0 heterocycles. The number of methoxy groups -OCH3 is 2. The SMILES string of the molecule is COC(=O)C[C@@H](NC(=S)NC(C)C)C(=O)OC. The van der Waals surface area contributed by atoms with Crippen molar-refractivity contribution in [3.8, 4) is 0 Å². The molecule has 7 heteroatoms. The van der Waals surface area contributed by atoms with Crippen LogP contribution in [0.4, 0.5) is 0 Å². The van der Waals surface area contributed by atoms with E-state index in [1.807, 2.05) is 13.8 Å². The summed E-state index contributed by atoms with van der Waals surface area (Å²) >= 11 is 4.98. The predicted octanol–water partition coefficient (Wildman–Crippen LogP) is -0.0364. The molecule has 17 heavy (non-hydrogen) atoms. The molecular formula is C10H18N2O4S. The molecule has 0 rings (SSSR count). The first-order chi connectivity index (χ1) is 7.90. The lowest BCUT2D eigenvalue weighted by molar-refractivity contribution is -0.149. The summed E-state index contributed by atoms with van der Waals surface area (Å²) < 4.78 is 9.05. The second-order valence-electron chi connectivity index (χ2n) is 3.63. The van der Waals surface area contributed by atoms with Crippen molar-refractivity contribution in [1.82, 2.24) is 10.6 Å². The van der Waals surface area contributed by atoms with Crippen LogP contribution in [0.15, 0.2) is 0 Å². The lowest BCUT2D eigenvalue weighted by Gasteiger charge is -2.19. The van der Waals surface area contributed by atoms with Gasteiger partial charge in [-0.3, -0.25) is 4.79 Å². The van der Waals surface area contributed by atoms with Crippen LogP contribution in [0.3, 0.4) is 0 Å². The molecule has 2 N–H and O–H groups in total. The summed E-state index contributed by atoms with van der Waals surface area (Å²) in [6, 6.07) is -0.711. The molecule has 0 aliphatic rings. The summed E-state index contributed by atoms with van der Waals surface area (Å²) in [6.07, 6.45) is -0.136. The van der Waals surface area contributed by atoms with Crippen LogP contribution in [0.2, 0.25) is 0 Å². The van der Waals surface area contributed by atoms with Crippen LogP contribution in [-0.4, -0.2) is 43.4 Å². The van der Waals surface area contributed by atoms with E-state index in [0.717, 1.165) is 0 Å². The number of esters is 2. The van der Waals surface area contributed by atoms with Crippen LogP contribution in [0.1, 0.15) is 20.3 Å². The standard InChI is InChI=1S/C10H18N2O4S/c1-6(2)11-10(17)12-7(9(14)16-4)5-8(13)15-3/h6-7H,5H2,1-4H3,(H2,11,12,17)/t7-/m1/s1. The molecule has 0 saturated carbocycles. The van der Waals surface area contributed by atoms with Crippen molar-refractivity contribution in [2.45, 2.75) is 32.4 Å². The average Bonchev–Trinajstić information content (AvgIpc) is 2.25. The fourth-order valence-electron chi connectivity index (χ4n) is 1.05. The maximum Gasteiger partial charge on any atom is 0.328 e. The number of carbonyl (C=O) groups is 2. The van der Waals surface area contributed by atoms with Gasteiger partial charge in [-0.05, 0) is 26.1 Å². The highest BCUT2D eigenvalue weighted by Crippen LogP contribution is 1.97. The molecule has 98 valence electrons. The molecule has 0 aliphatic heterocycles. The van der Waals surface area contributed by atoms with Gasteiger partial charge in [-0.2, -0.15) is 0 Å². The lowest BCUT2D eigenvalue weighted by atomic mass is 10.2. The summed E-state index contributed by atoms with van der Waals surface area (Å²) in [5.74, 6) is -1.08. The number of ether oxygens (including phenoxy) is 2. The van der Waals surface area contributed by atoms with Crippen molar-refractivity contribution in [2.24, 2.45) is 0 Å². The van der Waals surface area contributed by atoms with E-state index in [9.17, 15) is 9.59 Å². The number of carbonyl (C=O) groups excluding carboxylic acids is 2. The van der Waals surface area contributed by atoms with Crippen LogP contribution in [0, 0.1) is 0 Å². The molecule has 0 bridgehead atoms. The maximum absolute atomic E-state index is 11.4. The van der Waals surface area contributed by atoms with E-state index in [0.29, 0.717) is 5.11 Å². The first kappa shape index (κ1) is 15.6. The highest BCUT2D eigenvalue weighted by molar-refractivity contribution is 7.80.